The third-order valence-corrected chi connectivity index (χ3v) is 3.60. The molecule has 86 valence electrons. The highest BCUT2D eigenvalue weighted by atomic mass is 28.4. The van der Waals surface area contributed by atoms with E-state index < -0.39 is 8.80 Å². The van der Waals surface area contributed by atoms with Gasteiger partial charge >= 0.3 is 8.80 Å². The maximum Gasteiger partial charge on any atom is 0.695 e. The summed E-state index contributed by atoms with van der Waals surface area (Å²) in [5.41, 5.74) is 0. The van der Waals surface area contributed by atoms with Crippen LogP contribution in [0.5, 0.6) is 0 Å². The standard InChI is InChI=1S/C11H20O3Si/c1-8-11(6)14-15(7,12-9(2)3)13-10(4)5/h8H,2,4H2,1,3,5-7H3. The Kier molecular flexibility index (Phi) is 5.21. The van der Waals surface area contributed by atoms with Crippen LogP contribution in [0.4, 0.5) is 0 Å². The molecule has 0 atom stereocenters. The van der Waals surface area contributed by atoms with Crippen LogP contribution >= 0.6 is 0 Å². The molecule has 0 N–H and O–H groups in total. The predicted molar refractivity (Wildman–Crippen MR) is 63.9 cm³/mol. The van der Waals surface area contributed by atoms with Crippen molar-refractivity contribution < 1.29 is 13.3 Å². The molecule has 0 amide bonds. The van der Waals surface area contributed by atoms with Crippen molar-refractivity contribution in [3.8, 4) is 0 Å². The van der Waals surface area contributed by atoms with Crippen molar-refractivity contribution in [2.24, 2.45) is 0 Å². The molecule has 3 nitrogen and oxygen atoms in total. The van der Waals surface area contributed by atoms with E-state index in [-0.39, 0.29) is 0 Å². The summed E-state index contributed by atoms with van der Waals surface area (Å²) < 4.78 is 16.7. The summed E-state index contributed by atoms with van der Waals surface area (Å²) in [7, 11) is -2.73. The van der Waals surface area contributed by atoms with Gasteiger partial charge in [0.05, 0.1) is 17.3 Å². The van der Waals surface area contributed by atoms with Crippen molar-refractivity contribution in [1.29, 1.82) is 0 Å². The summed E-state index contributed by atoms with van der Waals surface area (Å²) in [5, 5.41) is 0. The van der Waals surface area contributed by atoms with E-state index in [0.29, 0.717) is 11.5 Å². The third-order valence-electron chi connectivity index (χ3n) is 1.47. The van der Waals surface area contributed by atoms with Crippen LogP contribution in [0, 0.1) is 0 Å². The van der Waals surface area contributed by atoms with Gasteiger partial charge in [-0.05, 0) is 27.7 Å². The molecule has 0 saturated heterocycles. The van der Waals surface area contributed by atoms with Crippen molar-refractivity contribution in [2.75, 3.05) is 0 Å². The van der Waals surface area contributed by atoms with E-state index in [0.717, 1.165) is 5.76 Å². The van der Waals surface area contributed by atoms with Gasteiger partial charge in [0, 0.05) is 6.55 Å². The normalized spacial score (nSPS) is 11.9. The molecule has 0 spiro atoms. The Hall–Kier alpha value is -1.16. The van der Waals surface area contributed by atoms with Crippen LogP contribution in [0.15, 0.2) is 36.5 Å². The van der Waals surface area contributed by atoms with E-state index in [1.807, 2.05) is 26.5 Å². The Morgan fingerprint density at radius 3 is 1.67 bits per heavy atom. The molecule has 0 aliphatic carbocycles. The highest BCUT2D eigenvalue weighted by Crippen LogP contribution is 2.19. The van der Waals surface area contributed by atoms with Crippen LogP contribution in [0.25, 0.3) is 0 Å². The molecule has 0 aromatic rings. The molecule has 4 heteroatoms. The van der Waals surface area contributed by atoms with Gasteiger partial charge in [0.2, 0.25) is 0 Å². The maximum atomic E-state index is 5.64. The maximum absolute atomic E-state index is 5.64. The number of hydrogen-bond donors (Lipinski definition) is 0. The lowest BCUT2D eigenvalue weighted by molar-refractivity contribution is 0.152. The highest BCUT2D eigenvalue weighted by Gasteiger charge is 2.42. The second-order valence-corrected chi connectivity index (χ2v) is 5.81. The van der Waals surface area contributed by atoms with E-state index in [1.165, 1.54) is 0 Å². The molecule has 0 aromatic carbocycles. The Bertz CT molecular complexity index is 266. The van der Waals surface area contributed by atoms with E-state index in [1.54, 1.807) is 13.8 Å². The predicted octanol–water partition coefficient (Wildman–Crippen LogP) is 3.60. The second kappa shape index (κ2) is 5.65. The molecular formula is C11H20O3Si. The first-order valence-corrected chi connectivity index (χ1v) is 7.02. The molecule has 0 fully saturated rings. The first kappa shape index (κ1) is 13.8. The summed E-state index contributed by atoms with van der Waals surface area (Å²) >= 11 is 0. The van der Waals surface area contributed by atoms with E-state index in [4.69, 9.17) is 13.3 Å². The second-order valence-electron chi connectivity index (χ2n) is 3.47. The third kappa shape index (κ3) is 6.01. The van der Waals surface area contributed by atoms with Crippen molar-refractivity contribution in [3.63, 3.8) is 0 Å². The van der Waals surface area contributed by atoms with Crippen molar-refractivity contribution in [1.82, 2.24) is 0 Å². The van der Waals surface area contributed by atoms with Crippen LogP contribution < -0.4 is 0 Å². The van der Waals surface area contributed by atoms with Crippen molar-refractivity contribution >= 4 is 8.80 Å². The van der Waals surface area contributed by atoms with Gasteiger partial charge in [0.15, 0.2) is 0 Å². The first-order valence-electron chi connectivity index (χ1n) is 4.80. The first-order chi connectivity index (χ1) is 6.79. The largest absolute Gasteiger partial charge is 0.695 e. The minimum atomic E-state index is -2.73. The number of rotatable bonds is 6. The highest BCUT2D eigenvalue weighted by molar-refractivity contribution is 6.60. The van der Waals surface area contributed by atoms with Gasteiger partial charge in [0.1, 0.15) is 0 Å². The Morgan fingerprint density at radius 1 is 1.00 bits per heavy atom. The fourth-order valence-electron chi connectivity index (χ4n) is 1.05. The summed E-state index contributed by atoms with van der Waals surface area (Å²) in [6, 6.07) is 0. The summed E-state index contributed by atoms with van der Waals surface area (Å²) in [6.45, 7) is 16.5. The topological polar surface area (TPSA) is 27.7 Å². The zero-order valence-corrected chi connectivity index (χ0v) is 11.2. The molecule has 0 heterocycles. The van der Waals surface area contributed by atoms with Crippen molar-refractivity contribution in [3.05, 3.63) is 36.5 Å². The van der Waals surface area contributed by atoms with Gasteiger partial charge in [-0.25, -0.2) is 0 Å². The molecule has 0 aliphatic heterocycles. The molecule has 0 radical (unpaired) electrons. The molecule has 0 rings (SSSR count). The van der Waals surface area contributed by atoms with E-state index in [9.17, 15) is 0 Å². The molecule has 0 saturated carbocycles. The van der Waals surface area contributed by atoms with E-state index in [2.05, 4.69) is 13.2 Å². The molecule has 0 aliphatic rings. The van der Waals surface area contributed by atoms with Gasteiger partial charge in [0.25, 0.3) is 0 Å². The molecule has 0 unspecified atom stereocenters. The van der Waals surface area contributed by atoms with Crippen LogP contribution in [0.3, 0.4) is 0 Å². The number of allylic oxidation sites excluding steroid dienone is 4. The van der Waals surface area contributed by atoms with E-state index >= 15 is 0 Å². The van der Waals surface area contributed by atoms with Gasteiger partial charge in [-0.1, -0.05) is 19.2 Å². The smallest absolute Gasteiger partial charge is 0.488 e. The SMILES string of the molecule is C=C(C)O[Si](C)(OC(=C)C)OC(C)=CC. The lowest BCUT2D eigenvalue weighted by Gasteiger charge is -2.27. The van der Waals surface area contributed by atoms with Crippen LogP contribution in [0.2, 0.25) is 6.55 Å². The van der Waals surface area contributed by atoms with Gasteiger partial charge in [-0.15, -0.1) is 0 Å². The molecule has 0 aromatic heterocycles. The number of hydrogen-bond acceptors (Lipinski definition) is 3. The Morgan fingerprint density at radius 2 is 1.40 bits per heavy atom. The lowest BCUT2D eigenvalue weighted by atomic mass is 10.5. The average molecular weight is 228 g/mol. The van der Waals surface area contributed by atoms with Gasteiger partial charge < -0.3 is 13.3 Å². The monoisotopic (exact) mass is 228 g/mol. The van der Waals surface area contributed by atoms with Gasteiger partial charge in [-0.3, -0.25) is 0 Å². The zero-order chi connectivity index (χ0) is 12.1. The molecule has 0 bridgehead atoms. The Balaban J connectivity index is 4.68. The van der Waals surface area contributed by atoms with Crippen LogP contribution in [-0.2, 0) is 13.3 Å². The minimum absolute atomic E-state index is 0.578. The fraction of sp³-hybridized carbons (Fsp3) is 0.455. The van der Waals surface area contributed by atoms with Crippen molar-refractivity contribution in [2.45, 2.75) is 34.2 Å². The van der Waals surface area contributed by atoms with Crippen LogP contribution in [0.1, 0.15) is 27.7 Å². The summed E-state index contributed by atoms with van der Waals surface area (Å²) in [5.74, 6) is 1.93. The zero-order valence-electron chi connectivity index (χ0n) is 10.2. The quantitative estimate of drug-likeness (QED) is 0.513. The Labute approximate surface area is 93.4 Å². The molecular weight excluding hydrogens is 208 g/mol. The fourth-order valence-corrected chi connectivity index (χ4v) is 3.14. The summed E-state index contributed by atoms with van der Waals surface area (Å²) in [6.07, 6.45) is 1.86. The average Bonchev–Trinajstić information content (AvgIpc) is 1.99. The molecule has 15 heavy (non-hydrogen) atoms. The van der Waals surface area contributed by atoms with Gasteiger partial charge in [-0.2, -0.15) is 0 Å². The van der Waals surface area contributed by atoms with Crippen LogP contribution in [-0.4, -0.2) is 8.80 Å². The lowest BCUT2D eigenvalue weighted by Crippen LogP contribution is -2.40. The minimum Gasteiger partial charge on any atom is -0.488 e. The summed E-state index contributed by atoms with van der Waals surface area (Å²) in [4.78, 5) is 0.